The lowest BCUT2D eigenvalue weighted by Gasteiger charge is -2.16. The smallest absolute Gasteiger partial charge is 0.119 e. The van der Waals surface area contributed by atoms with Crippen molar-refractivity contribution in [3.05, 3.63) is 51.2 Å². The fourth-order valence-electron chi connectivity index (χ4n) is 1.76. The molecule has 0 bridgehead atoms. The van der Waals surface area contributed by atoms with E-state index in [1.165, 1.54) is 0 Å². The Hall–Kier alpha value is -1.07. The van der Waals surface area contributed by atoms with Crippen LogP contribution < -0.4 is 16.0 Å². The van der Waals surface area contributed by atoms with Crippen molar-refractivity contribution in [1.29, 1.82) is 0 Å². The van der Waals surface area contributed by atoms with E-state index in [9.17, 15) is 0 Å². The molecule has 0 amide bonds. The highest BCUT2D eigenvalue weighted by molar-refractivity contribution is 7.10. The minimum atomic E-state index is -0.0897. The number of nitrogens with one attached hydrogen (secondary N) is 1. The summed E-state index contributed by atoms with van der Waals surface area (Å²) in [4.78, 5) is 1.02. The lowest BCUT2D eigenvalue weighted by Crippen LogP contribution is -2.28. The number of benzene rings is 1. The maximum absolute atomic E-state index is 6.13. The molecular weight excluding hydrogens is 268 g/mol. The fourth-order valence-corrected chi connectivity index (χ4v) is 3.01. The van der Waals surface area contributed by atoms with Crippen molar-refractivity contribution in [2.24, 2.45) is 5.84 Å². The number of hydrogen-bond donors (Lipinski definition) is 2. The zero-order valence-electron chi connectivity index (χ0n) is 10.0. The molecule has 0 radical (unpaired) electrons. The van der Waals surface area contributed by atoms with Crippen LogP contribution in [0.2, 0.25) is 5.02 Å². The van der Waals surface area contributed by atoms with Crippen LogP contribution in [0.1, 0.15) is 23.4 Å². The monoisotopic (exact) mass is 282 g/mol. The molecule has 2 aromatic rings. The van der Waals surface area contributed by atoms with Crippen LogP contribution in [-0.4, -0.2) is 6.61 Å². The highest BCUT2D eigenvalue weighted by Crippen LogP contribution is 2.32. The predicted molar refractivity (Wildman–Crippen MR) is 76.1 cm³/mol. The van der Waals surface area contributed by atoms with Gasteiger partial charge in [0.2, 0.25) is 0 Å². The highest BCUT2D eigenvalue weighted by Gasteiger charge is 2.16. The molecule has 1 unspecified atom stereocenters. The second-order valence-corrected chi connectivity index (χ2v) is 5.09. The van der Waals surface area contributed by atoms with Crippen LogP contribution in [0.5, 0.6) is 5.75 Å². The number of ether oxygens (including phenoxy) is 1. The molecule has 1 atom stereocenters. The lowest BCUT2D eigenvalue weighted by atomic mass is 10.1. The number of hydrogen-bond acceptors (Lipinski definition) is 4. The van der Waals surface area contributed by atoms with Crippen LogP contribution in [-0.2, 0) is 0 Å². The van der Waals surface area contributed by atoms with E-state index >= 15 is 0 Å². The molecule has 3 nitrogen and oxygen atoms in total. The minimum Gasteiger partial charge on any atom is -0.494 e. The SMILES string of the molecule is CCOc1ccc(C(NN)c2sccc2Cl)cc1. The van der Waals surface area contributed by atoms with Crippen LogP contribution in [0.3, 0.4) is 0 Å². The Bertz CT molecular complexity index is 498. The van der Waals surface area contributed by atoms with Crippen molar-refractivity contribution < 1.29 is 4.74 Å². The predicted octanol–water partition coefficient (Wildman–Crippen LogP) is 3.35. The first-order valence-corrected chi connectivity index (χ1v) is 6.93. The number of thiophene rings is 1. The van der Waals surface area contributed by atoms with Gasteiger partial charge in [0.15, 0.2) is 0 Å². The van der Waals surface area contributed by atoms with Gasteiger partial charge in [0, 0.05) is 4.88 Å². The Labute approximate surface area is 116 Å². The van der Waals surface area contributed by atoms with Crippen LogP contribution in [0.25, 0.3) is 0 Å². The normalized spacial score (nSPS) is 12.4. The summed E-state index contributed by atoms with van der Waals surface area (Å²) in [6.45, 7) is 2.62. The third kappa shape index (κ3) is 2.84. The molecule has 0 aliphatic carbocycles. The number of halogens is 1. The van der Waals surface area contributed by atoms with Crippen LogP contribution >= 0.6 is 22.9 Å². The quantitative estimate of drug-likeness (QED) is 0.653. The summed E-state index contributed by atoms with van der Waals surface area (Å²) >= 11 is 7.72. The topological polar surface area (TPSA) is 47.3 Å². The second kappa shape index (κ2) is 6.20. The van der Waals surface area contributed by atoms with Gasteiger partial charge in [0.25, 0.3) is 0 Å². The Morgan fingerprint density at radius 2 is 2.06 bits per heavy atom. The van der Waals surface area contributed by atoms with E-state index in [0.717, 1.165) is 21.2 Å². The first kappa shape index (κ1) is 13.4. The summed E-state index contributed by atoms with van der Waals surface area (Å²) in [5.74, 6) is 6.48. The number of nitrogens with two attached hydrogens (primary N) is 1. The Morgan fingerprint density at radius 3 is 2.56 bits per heavy atom. The fraction of sp³-hybridized carbons (Fsp3) is 0.231. The summed E-state index contributed by atoms with van der Waals surface area (Å²) < 4.78 is 5.41. The summed E-state index contributed by atoms with van der Waals surface area (Å²) in [7, 11) is 0. The van der Waals surface area contributed by atoms with Gasteiger partial charge in [-0.1, -0.05) is 23.7 Å². The third-order valence-corrected chi connectivity index (χ3v) is 4.02. The van der Waals surface area contributed by atoms with Gasteiger partial charge >= 0.3 is 0 Å². The van der Waals surface area contributed by atoms with Gasteiger partial charge in [-0.25, -0.2) is 5.43 Å². The molecule has 18 heavy (non-hydrogen) atoms. The van der Waals surface area contributed by atoms with Gasteiger partial charge in [-0.3, -0.25) is 5.84 Å². The van der Waals surface area contributed by atoms with Crippen LogP contribution in [0.15, 0.2) is 35.7 Å². The maximum Gasteiger partial charge on any atom is 0.119 e. The summed E-state index contributed by atoms with van der Waals surface area (Å²) in [5, 5.41) is 2.69. The number of hydrazine groups is 1. The first-order valence-electron chi connectivity index (χ1n) is 5.68. The van der Waals surface area contributed by atoms with Crippen molar-refractivity contribution in [3.8, 4) is 5.75 Å². The van der Waals surface area contributed by atoms with Gasteiger partial charge in [0.05, 0.1) is 17.7 Å². The molecule has 0 saturated carbocycles. The summed E-state index contributed by atoms with van der Waals surface area (Å²) in [5.41, 5.74) is 3.86. The molecule has 0 saturated heterocycles. The molecule has 5 heteroatoms. The van der Waals surface area contributed by atoms with Gasteiger partial charge in [-0.2, -0.15) is 0 Å². The zero-order chi connectivity index (χ0) is 13.0. The van der Waals surface area contributed by atoms with Crippen LogP contribution in [0, 0.1) is 0 Å². The van der Waals surface area contributed by atoms with E-state index < -0.39 is 0 Å². The van der Waals surface area contributed by atoms with Crippen LogP contribution in [0.4, 0.5) is 0 Å². The van der Waals surface area contributed by atoms with Gasteiger partial charge < -0.3 is 4.74 Å². The molecule has 1 heterocycles. The van der Waals surface area contributed by atoms with E-state index in [-0.39, 0.29) is 6.04 Å². The number of rotatable bonds is 5. The van der Waals surface area contributed by atoms with E-state index in [4.69, 9.17) is 22.2 Å². The zero-order valence-corrected chi connectivity index (χ0v) is 11.6. The van der Waals surface area contributed by atoms with Gasteiger partial charge in [-0.05, 0) is 36.1 Å². The van der Waals surface area contributed by atoms with E-state index in [1.807, 2.05) is 42.6 Å². The molecule has 0 spiro atoms. The molecule has 2 rings (SSSR count). The maximum atomic E-state index is 6.13. The second-order valence-electron chi connectivity index (χ2n) is 3.73. The molecule has 0 aliphatic heterocycles. The molecule has 1 aromatic heterocycles. The van der Waals surface area contributed by atoms with E-state index in [1.54, 1.807) is 11.3 Å². The molecule has 1 aromatic carbocycles. The Morgan fingerprint density at radius 1 is 1.33 bits per heavy atom. The van der Waals surface area contributed by atoms with Crippen molar-refractivity contribution in [3.63, 3.8) is 0 Å². The average Bonchev–Trinajstić information content (AvgIpc) is 2.79. The first-order chi connectivity index (χ1) is 8.76. The Kier molecular flexibility index (Phi) is 4.60. The summed E-state index contributed by atoms with van der Waals surface area (Å²) in [6, 6.07) is 9.64. The molecule has 0 aliphatic rings. The standard InChI is InChI=1S/C13H15ClN2OS/c1-2-17-10-5-3-9(4-6-10)12(16-15)13-11(14)7-8-18-13/h3-8,12,16H,2,15H2,1H3. The van der Waals surface area contributed by atoms with Gasteiger partial charge in [0.1, 0.15) is 5.75 Å². The Balaban J connectivity index is 2.25. The van der Waals surface area contributed by atoms with Crippen molar-refractivity contribution in [2.75, 3.05) is 6.61 Å². The van der Waals surface area contributed by atoms with Crippen molar-refractivity contribution in [1.82, 2.24) is 5.43 Å². The van der Waals surface area contributed by atoms with Crippen molar-refractivity contribution in [2.45, 2.75) is 13.0 Å². The molecule has 3 N–H and O–H groups in total. The largest absolute Gasteiger partial charge is 0.494 e. The average molecular weight is 283 g/mol. The van der Waals surface area contributed by atoms with E-state index in [0.29, 0.717) is 6.61 Å². The van der Waals surface area contributed by atoms with E-state index in [2.05, 4.69) is 5.43 Å². The lowest BCUT2D eigenvalue weighted by molar-refractivity contribution is 0.340. The van der Waals surface area contributed by atoms with Crippen molar-refractivity contribution >= 4 is 22.9 Å². The summed E-state index contributed by atoms with van der Waals surface area (Å²) in [6.07, 6.45) is 0. The molecule has 0 fully saturated rings. The van der Waals surface area contributed by atoms with Gasteiger partial charge in [-0.15, -0.1) is 11.3 Å². The highest BCUT2D eigenvalue weighted by atomic mass is 35.5. The minimum absolute atomic E-state index is 0.0897. The third-order valence-electron chi connectivity index (χ3n) is 2.60. The molecular formula is C13H15ClN2OS. The molecule has 96 valence electrons.